The predicted molar refractivity (Wildman–Crippen MR) is 79.6 cm³/mol. The molecule has 0 radical (unpaired) electrons. The van der Waals surface area contributed by atoms with Crippen molar-refractivity contribution in [2.75, 3.05) is 0 Å². The maximum absolute atomic E-state index is 14.0. The van der Waals surface area contributed by atoms with Crippen molar-refractivity contribution >= 4 is 0 Å². The van der Waals surface area contributed by atoms with Gasteiger partial charge in [0.05, 0.1) is 0 Å². The SMILES string of the molecule is CCC(N)Cc1cccc(F)c1Oc1ccc(F)c(C)c1. The Morgan fingerprint density at radius 2 is 1.90 bits per heavy atom. The first-order valence-electron chi connectivity index (χ1n) is 6.98. The minimum absolute atomic E-state index is 0.0518. The minimum atomic E-state index is -0.446. The maximum Gasteiger partial charge on any atom is 0.166 e. The van der Waals surface area contributed by atoms with E-state index in [0.717, 1.165) is 6.42 Å². The first-order valence-corrected chi connectivity index (χ1v) is 6.98. The van der Waals surface area contributed by atoms with Gasteiger partial charge >= 0.3 is 0 Å². The van der Waals surface area contributed by atoms with Gasteiger partial charge in [-0.15, -0.1) is 0 Å². The summed E-state index contributed by atoms with van der Waals surface area (Å²) in [5.41, 5.74) is 7.10. The van der Waals surface area contributed by atoms with Gasteiger partial charge in [-0.05, 0) is 55.2 Å². The zero-order chi connectivity index (χ0) is 15.4. The van der Waals surface area contributed by atoms with Crippen LogP contribution in [0.2, 0.25) is 0 Å². The summed E-state index contributed by atoms with van der Waals surface area (Å²) in [7, 11) is 0. The summed E-state index contributed by atoms with van der Waals surface area (Å²) in [5.74, 6) is -0.195. The van der Waals surface area contributed by atoms with E-state index < -0.39 is 5.82 Å². The average Bonchev–Trinajstić information content (AvgIpc) is 2.46. The van der Waals surface area contributed by atoms with E-state index in [-0.39, 0.29) is 17.6 Å². The second-order valence-electron chi connectivity index (χ2n) is 5.11. The second-order valence-corrected chi connectivity index (χ2v) is 5.11. The number of benzene rings is 2. The van der Waals surface area contributed by atoms with Crippen molar-refractivity contribution < 1.29 is 13.5 Å². The zero-order valence-corrected chi connectivity index (χ0v) is 12.2. The molecule has 0 fully saturated rings. The molecular weight excluding hydrogens is 272 g/mol. The lowest BCUT2D eigenvalue weighted by Gasteiger charge is -2.15. The zero-order valence-electron chi connectivity index (χ0n) is 12.2. The van der Waals surface area contributed by atoms with E-state index in [2.05, 4.69) is 0 Å². The van der Waals surface area contributed by atoms with Gasteiger partial charge in [0.2, 0.25) is 0 Å². The fraction of sp³-hybridized carbons (Fsp3) is 0.294. The summed E-state index contributed by atoms with van der Waals surface area (Å²) < 4.78 is 32.9. The molecule has 2 rings (SSSR count). The summed E-state index contributed by atoms with van der Waals surface area (Å²) in [6, 6.07) is 9.06. The first-order chi connectivity index (χ1) is 10.0. The Morgan fingerprint density at radius 3 is 2.57 bits per heavy atom. The van der Waals surface area contributed by atoms with E-state index in [9.17, 15) is 8.78 Å². The molecule has 0 aromatic heterocycles. The molecule has 0 heterocycles. The lowest BCUT2D eigenvalue weighted by molar-refractivity contribution is 0.432. The van der Waals surface area contributed by atoms with Gasteiger partial charge in [-0.3, -0.25) is 0 Å². The van der Waals surface area contributed by atoms with Crippen molar-refractivity contribution in [2.24, 2.45) is 5.73 Å². The molecule has 2 nitrogen and oxygen atoms in total. The van der Waals surface area contributed by atoms with Gasteiger partial charge in [0.25, 0.3) is 0 Å². The Balaban J connectivity index is 2.31. The standard InChI is InChI=1S/C17H19F2NO/c1-3-13(20)10-12-5-4-6-16(19)17(12)21-14-7-8-15(18)11(2)9-14/h4-9,13H,3,10,20H2,1-2H3. The number of aryl methyl sites for hydroxylation is 1. The lowest BCUT2D eigenvalue weighted by Crippen LogP contribution is -2.21. The van der Waals surface area contributed by atoms with Crippen molar-refractivity contribution in [3.8, 4) is 11.5 Å². The van der Waals surface area contributed by atoms with Gasteiger partial charge in [0, 0.05) is 6.04 Å². The predicted octanol–water partition coefficient (Wildman–Crippen LogP) is 4.35. The van der Waals surface area contributed by atoms with Crippen LogP contribution in [-0.4, -0.2) is 6.04 Å². The smallest absolute Gasteiger partial charge is 0.166 e. The highest BCUT2D eigenvalue weighted by Crippen LogP contribution is 2.30. The number of ether oxygens (including phenoxy) is 1. The molecule has 0 saturated heterocycles. The molecular formula is C17H19F2NO. The molecule has 2 N–H and O–H groups in total. The topological polar surface area (TPSA) is 35.2 Å². The molecule has 112 valence electrons. The summed E-state index contributed by atoms with van der Waals surface area (Å²) in [4.78, 5) is 0. The Hall–Kier alpha value is -1.94. The fourth-order valence-electron chi connectivity index (χ4n) is 2.05. The Kier molecular flexibility index (Phi) is 4.91. The number of nitrogens with two attached hydrogens (primary N) is 1. The van der Waals surface area contributed by atoms with Crippen molar-refractivity contribution in [1.29, 1.82) is 0 Å². The highest BCUT2D eigenvalue weighted by Gasteiger charge is 2.14. The Labute approximate surface area is 123 Å². The van der Waals surface area contributed by atoms with Gasteiger partial charge in [-0.1, -0.05) is 19.1 Å². The van der Waals surface area contributed by atoms with Crippen LogP contribution in [0.5, 0.6) is 11.5 Å². The molecule has 0 bridgehead atoms. The van der Waals surface area contributed by atoms with E-state index in [1.54, 1.807) is 25.1 Å². The highest BCUT2D eigenvalue weighted by molar-refractivity contribution is 5.40. The first kappa shape index (κ1) is 15.4. The maximum atomic E-state index is 14.0. The molecule has 0 aliphatic rings. The van der Waals surface area contributed by atoms with Gasteiger partial charge in [-0.2, -0.15) is 0 Å². The van der Waals surface area contributed by atoms with Crippen LogP contribution in [0.4, 0.5) is 8.78 Å². The van der Waals surface area contributed by atoms with Crippen LogP contribution in [0.25, 0.3) is 0 Å². The minimum Gasteiger partial charge on any atom is -0.454 e. The van der Waals surface area contributed by atoms with Crippen molar-refractivity contribution in [3.05, 3.63) is 59.2 Å². The Bertz CT molecular complexity index is 628. The van der Waals surface area contributed by atoms with Gasteiger partial charge in [-0.25, -0.2) is 8.78 Å². The molecule has 0 amide bonds. The third-order valence-corrected chi connectivity index (χ3v) is 3.40. The van der Waals surface area contributed by atoms with E-state index in [0.29, 0.717) is 23.3 Å². The van der Waals surface area contributed by atoms with Gasteiger partial charge < -0.3 is 10.5 Å². The third kappa shape index (κ3) is 3.79. The summed E-state index contributed by atoms with van der Waals surface area (Å²) >= 11 is 0. The number of hydrogen-bond donors (Lipinski definition) is 1. The molecule has 1 unspecified atom stereocenters. The molecule has 0 saturated carbocycles. The summed E-state index contributed by atoms with van der Waals surface area (Å²) in [6.45, 7) is 3.62. The molecule has 0 spiro atoms. The van der Waals surface area contributed by atoms with E-state index >= 15 is 0 Å². The quantitative estimate of drug-likeness (QED) is 0.889. The molecule has 0 aliphatic heterocycles. The number of hydrogen-bond acceptors (Lipinski definition) is 2. The largest absolute Gasteiger partial charge is 0.454 e. The third-order valence-electron chi connectivity index (χ3n) is 3.40. The van der Waals surface area contributed by atoms with E-state index in [1.165, 1.54) is 18.2 Å². The average molecular weight is 291 g/mol. The van der Waals surface area contributed by atoms with Crippen LogP contribution in [0.15, 0.2) is 36.4 Å². The summed E-state index contributed by atoms with van der Waals surface area (Å²) in [5, 5.41) is 0. The molecule has 4 heteroatoms. The fourth-order valence-corrected chi connectivity index (χ4v) is 2.05. The highest BCUT2D eigenvalue weighted by atomic mass is 19.1. The number of rotatable bonds is 5. The summed E-state index contributed by atoms with van der Waals surface area (Å²) in [6.07, 6.45) is 1.33. The van der Waals surface area contributed by atoms with Crippen LogP contribution in [-0.2, 0) is 6.42 Å². The molecule has 1 atom stereocenters. The second kappa shape index (κ2) is 6.68. The van der Waals surface area contributed by atoms with Crippen LogP contribution in [0.1, 0.15) is 24.5 Å². The monoisotopic (exact) mass is 291 g/mol. The van der Waals surface area contributed by atoms with Gasteiger partial charge in [0.15, 0.2) is 11.6 Å². The molecule has 0 aliphatic carbocycles. The van der Waals surface area contributed by atoms with Gasteiger partial charge in [0.1, 0.15) is 11.6 Å². The van der Waals surface area contributed by atoms with Crippen LogP contribution < -0.4 is 10.5 Å². The normalized spacial score (nSPS) is 12.2. The number of para-hydroxylation sites is 1. The van der Waals surface area contributed by atoms with Crippen molar-refractivity contribution in [1.82, 2.24) is 0 Å². The van der Waals surface area contributed by atoms with Crippen LogP contribution in [0, 0.1) is 18.6 Å². The number of halogens is 2. The lowest BCUT2D eigenvalue weighted by atomic mass is 10.0. The Morgan fingerprint density at radius 1 is 1.14 bits per heavy atom. The van der Waals surface area contributed by atoms with Crippen LogP contribution >= 0.6 is 0 Å². The molecule has 21 heavy (non-hydrogen) atoms. The van der Waals surface area contributed by atoms with Crippen molar-refractivity contribution in [3.63, 3.8) is 0 Å². The van der Waals surface area contributed by atoms with E-state index in [4.69, 9.17) is 10.5 Å². The van der Waals surface area contributed by atoms with Crippen LogP contribution in [0.3, 0.4) is 0 Å². The van der Waals surface area contributed by atoms with Crippen molar-refractivity contribution in [2.45, 2.75) is 32.7 Å². The molecule has 2 aromatic rings. The molecule has 2 aromatic carbocycles. The van der Waals surface area contributed by atoms with E-state index in [1.807, 2.05) is 6.92 Å².